The normalized spacial score (nSPS) is 14.7. The highest BCUT2D eigenvalue weighted by Crippen LogP contribution is 2.03. The molecule has 146 valence electrons. The number of hydrogen-bond acceptors (Lipinski definition) is 4. The summed E-state index contributed by atoms with van der Waals surface area (Å²) in [6.07, 6.45) is 5.14. The first-order valence-electron chi connectivity index (χ1n) is 9.38. The van der Waals surface area contributed by atoms with E-state index in [9.17, 15) is 4.39 Å². The van der Waals surface area contributed by atoms with Crippen LogP contribution in [-0.4, -0.2) is 44.6 Å². The molecule has 0 aliphatic carbocycles. The summed E-state index contributed by atoms with van der Waals surface area (Å²) in [7, 11) is 1.70. The van der Waals surface area contributed by atoms with Gasteiger partial charge in [-0.3, -0.25) is 10.3 Å². The van der Waals surface area contributed by atoms with Gasteiger partial charge in [0.25, 0.3) is 0 Å². The van der Waals surface area contributed by atoms with Crippen molar-refractivity contribution in [2.24, 2.45) is 9.98 Å². The van der Waals surface area contributed by atoms with Gasteiger partial charge in [0.05, 0.1) is 6.67 Å². The molecule has 1 aromatic carbocycles. The van der Waals surface area contributed by atoms with E-state index in [1.165, 1.54) is 12.1 Å². The maximum atomic E-state index is 12.9. The van der Waals surface area contributed by atoms with E-state index < -0.39 is 0 Å². The fourth-order valence-electron chi connectivity index (χ4n) is 2.54. The molecule has 26 heavy (non-hydrogen) atoms. The highest BCUT2D eigenvalue weighted by molar-refractivity contribution is 5.89. The van der Waals surface area contributed by atoms with Gasteiger partial charge >= 0.3 is 0 Å². The van der Waals surface area contributed by atoms with E-state index in [1.54, 1.807) is 19.2 Å². The highest BCUT2D eigenvalue weighted by Gasteiger charge is 2.10. The van der Waals surface area contributed by atoms with Crippen LogP contribution in [-0.2, 0) is 11.2 Å². The molecule has 0 spiro atoms. The average molecular weight is 365 g/mol. The van der Waals surface area contributed by atoms with E-state index in [-0.39, 0.29) is 12.0 Å². The van der Waals surface area contributed by atoms with Crippen molar-refractivity contribution in [2.75, 3.05) is 20.3 Å². The minimum Gasteiger partial charge on any atom is -0.366 e. The number of methoxy groups -OCH3 is 1. The lowest BCUT2D eigenvalue weighted by Gasteiger charge is -2.20. The Morgan fingerprint density at radius 2 is 1.96 bits per heavy atom. The Bertz CT molecular complexity index is 545. The summed E-state index contributed by atoms with van der Waals surface area (Å²) in [6, 6.07) is 6.86. The zero-order chi connectivity index (χ0) is 19.2. The van der Waals surface area contributed by atoms with Gasteiger partial charge in [-0.2, -0.15) is 0 Å². The smallest absolute Gasteiger partial charge is 0.124 e. The Morgan fingerprint density at radius 1 is 1.23 bits per heavy atom. The lowest BCUT2D eigenvalue weighted by atomic mass is 10.2. The van der Waals surface area contributed by atoms with Crippen LogP contribution in [0.2, 0.25) is 0 Å². The molecule has 2 unspecified atom stereocenters. The quantitative estimate of drug-likeness (QED) is 0.339. The Labute approximate surface area is 157 Å². The van der Waals surface area contributed by atoms with Crippen LogP contribution in [0, 0.1) is 5.82 Å². The van der Waals surface area contributed by atoms with E-state index in [0.717, 1.165) is 37.2 Å². The summed E-state index contributed by atoms with van der Waals surface area (Å²) >= 11 is 0. The number of halogens is 1. The fourth-order valence-corrected chi connectivity index (χ4v) is 2.54. The molecule has 2 atom stereocenters. The molecule has 0 bridgehead atoms. The molecule has 0 aliphatic rings. The van der Waals surface area contributed by atoms with Crippen molar-refractivity contribution in [1.29, 1.82) is 0 Å². The molecule has 5 nitrogen and oxygen atoms in total. The first kappa shape index (κ1) is 22.4. The van der Waals surface area contributed by atoms with Gasteiger partial charge in [0.1, 0.15) is 17.9 Å². The molecular formula is C20H33FN4O. The summed E-state index contributed by atoms with van der Waals surface area (Å²) in [5, 5.41) is 6.67. The van der Waals surface area contributed by atoms with Gasteiger partial charge in [-0.15, -0.1) is 0 Å². The first-order chi connectivity index (χ1) is 12.6. The third-order valence-corrected chi connectivity index (χ3v) is 3.94. The van der Waals surface area contributed by atoms with Gasteiger partial charge < -0.3 is 10.1 Å². The molecule has 0 amide bonds. The zero-order valence-corrected chi connectivity index (χ0v) is 16.5. The van der Waals surface area contributed by atoms with Crippen LogP contribution < -0.4 is 10.6 Å². The molecular weight excluding hydrogens is 331 g/mol. The van der Waals surface area contributed by atoms with Gasteiger partial charge in [-0.1, -0.05) is 26.0 Å². The van der Waals surface area contributed by atoms with Crippen molar-refractivity contribution in [3.8, 4) is 0 Å². The number of nitrogens with one attached hydrogen (secondary N) is 2. The molecule has 0 aliphatic heterocycles. The van der Waals surface area contributed by atoms with E-state index in [0.29, 0.717) is 19.1 Å². The maximum absolute atomic E-state index is 12.9. The monoisotopic (exact) mass is 364 g/mol. The molecule has 0 aromatic heterocycles. The molecule has 0 saturated carbocycles. The van der Waals surface area contributed by atoms with Crippen molar-refractivity contribution in [3.63, 3.8) is 0 Å². The van der Waals surface area contributed by atoms with E-state index in [1.807, 2.05) is 6.21 Å². The number of aliphatic imine (C=N–C) groups is 2. The van der Waals surface area contributed by atoms with Crippen LogP contribution >= 0.6 is 0 Å². The van der Waals surface area contributed by atoms with Crippen molar-refractivity contribution in [3.05, 3.63) is 35.6 Å². The Balaban J connectivity index is 2.50. The minimum atomic E-state index is -0.221. The second-order valence-electron chi connectivity index (χ2n) is 6.25. The Morgan fingerprint density at radius 3 is 2.58 bits per heavy atom. The lowest BCUT2D eigenvalue weighted by Crippen LogP contribution is -2.38. The Kier molecular flexibility index (Phi) is 11.7. The molecule has 0 saturated heterocycles. The number of benzene rings is 1. The zero-order valence-electron chi connectivity index (χ0n) is 16.5. The van der Waals surface area contributed by atoms with Gasteiger partial charge in [0.15, 0.2) is 0 Å². The topological polar surface area (TPSA) is 58.0 Å². The van der Waals surface area contributed by atoms with Crippen LogP contribution in [0.15, 0.2) is 34.3 Å². The average Bonchev–Trinajstić information content (AvgIpc) is 2.62. The van der Waals surface area contributed by atoms with Crippen LogP contribution in [0.5, 0.6) is 0 Å². The third-order valence-electron chi connectivity index (χ3n) is 3.94. The molecule has 2 N–H and O–H groups in total. The number of nitrogens with zero attached hydrogens (tertiary/aromatic N) is 2. The minimum absolute atomic E-state index is 0.0427. The molecule has 1 rings (SSSR count). The van der Waals surface area contributed by atoms with Gasteiger partial charge in [0.2, 0.25) is 0 Å². The summed E-state index contributed by atoms with van der Waals surface area (Å²) in [4.78, 5) is 9.03. The van der Waals surface area contributed by atoms with Gasteiger partial charge in [-0.25, -0.2) is 9.38 Å². The summed E-state index contributed by atoms with van der Waals surface area (Å²) in [6.45, 7) is 7.76. The third kappa shape index (κ3) is 9.75. The van der Waals surface area contributed by atoms with Crippen LogP contribution in [0.1, 0.15) is 45.6 Å². The second-order valence-corrected chi connectivity index (χ2v) is 6.25. The maximum Gasteiger partial charge on any atom is 0.124 e. The van der Waals surface area contributed by atoms with E-state index in [2.05, 4.69) is 41.4 Å². The number of amidine groups is 1. The molecule has 0 heterocycles. The summed E-state index contributed by atoms with van der Waals surface area (Å²) in [5.41, 5.74) is 1.03. The number of rotatable bonds is 12. The predicted molar refractivity (Wildman–Crippen MR) is 107 cm³/mol. The van der Waals surface area contributed by atoms with Crippen molar-refractivity contribution < 1.29 is 9.13 Å². The van der Waals surface area contributed by atoms with E-state index in [4.69, 9.17) is 4.74 Å². The fraction of sp³-hybridized carbons (Fsp3) is 0.600. The predicted octanol–water partition coefficient (Wildman–Crippen LogP) is 3.55. The van der Waals surface area contributed by atoms with Crippen molar-refractivity contribution in [1.82, 2.24) is 10.6 Å². The van der Waals surface area contributed by atoms with Crippen LogP contribution in [0.4, 0.5) is 4.39 Å². The van der Waals surface area contributed by atoms with E-state index >= 15 is 0 Å². The number of hydrogen-bond donors (Lipinski definition) is 2. The van der Waals surface area contributed by atoms with Gasteiger partial charge in [0, 0.05) is 38.6 Å². The molecule has 0 radical (unpaired) electrons. The van der Waals surface area contributed by atoms with Gasteiger partial charge in [-0.05, 0) is 37.6 Å². The summed E-state index contributed by atoms with van der Waals surface area (Å²) in [5.74, 6) is 0.595. The molecule has 1 aromatic rings. The largest absolute Gasteiger partial charge is 0.366 e. The molecule has 6 heteroatoms. The molecule has 0 fully saturated rings. The SMILES string of the molecule is CCCC(=N/CNC(CC(C)NCC)OC)/N=C/Cc1ccc(F)cc1. The second kappa shape index (κ2) is 13.6. The first-order valence-corrected chi connectivity index (χ1v) is 9.38. The summed E-state index contributed by atoms with van der Waals surface area (Å²) < 4.78 is 18.4. The Hall–Kier alpha value is -1.63. The van der Waals surface area contributed by atoms with Crippen LogP contribution in [0.25, 0.3) is 0 Å². The van der Waals surface area contributed by atoms with Crippen molar-refractivity contribution in [2.45, 2.75) is 58.7 Å². The lowest BCUT2D eigenvalue weighted by molar-refractivity contribution is 0.0607. The number of ether oxygens (including phenoxy) is 1. The van der Waals surface area contributed by atoms with Crippen molar-refractivity contribution >= 4 is 12.1 Å². The standard InChI is InChI=1S/C20H33FN4O/c1-5-7-19(23-13-12-17-8-10-18(21)11-9-17)24-15-25-20(26-4)14-16(3)22-6-2/h8-11,13,16,20,22,25H,5-7,12,14-15H2,1-4H3/b23-13+,24-19-. The van der Waals surface area contributed by atoms with Crippen LogP contribution in [0.3, 0.4) is 0 Å². The highest BCUT2D eigenvalue weighted by atomic mass is 19.1.